The van der Waals surface area contributed by atoms with Crippen molar-refractivity contribution in [3.05, 3.63) is 78.2 Å². The molecule has 8 heteroatoms. The Labute approximate surface area is 213 Å². The second kappa shape index (κ2) is 12.2. The van der Waals surface area contributed by atoms with E-state index >= 15 is 0 Å². The van der Waals surface area contributed by atoms with Crippen molar-refractivity contribution in [1.29, 1.82) is 0 Å². The monoisotopic (exact) mass is 489 g/mol. The minimum atomic E-state index is -0.513. The minimum Gasteiger partial charge on any atom is -0.449 e. The highest BCUT2D eigenvalue weighted by atomic mass is 16.6. The molecule has 3 rings (SSSR count). The van der Waals surface area contributed by atoms with E-state index in [0.29, 0.717) is 29.2 Å². The van der Waals surface area contributed by atoms with Crippen molar-refractivity contribution < 1.29 is 14.3 Å². The van der Waals surface area contributed by atoms with Gasteiger partial charge in [-0.15, -0.1) is 0 Å². The predicted molar refractivity (Wildman–Crippen MR) is 144 cm³/mol. The van der Waals surface area contributed by atoms with E-state index < -0.39 is 11.6 Å². The molecule has 2 amide bonds. The molecule has 0 fully saturated rings. The first-order chi connectivity index (χ1) is 17.2. The summed E-state index contributed by atoms with van der Waals surface area (Å²) in [5.74, 6) is 0.420. The van der Waals surface area contributed by atoms with E-state index in [-0.39, 0.29) is 12.5 Å². The maximum absolute atomic E-state index is 13.0. The fraction of sp³-hybridized carbons (Fsp3) is 0.357. The molecular formula is C28H35N5O3. The molecule has 1 N–H and O–H groups in total. The summed E-state index contributed by atoms with van der Waals surface area (Å²) in [6.45, 7) is 11.6. The van der Waals surface area contributed by atoms with Gasteiger partial charge in [-0.05, 0) is 83.1 Å². The third-order valence-corrected chi connectivity index (χ3v) is 5.64. The smallest absolute Gasteiger partial charge is 0.414 e. The topological polar surface area (TPSA) is 87.7 Å². The number of ether oxygens (including phenoxy) is 1. The summed E-state index contributed by atoms with van der Waals surface area (Å²) < 4.78 is 5.56. The molecule has 0 aliphatic carbocycles. The van der Waals surface area contributed by atoms with Crippen LogP contribution in [0.2, 0.25) is 0 Å². The third-order valence-electron chi connectivity index (χ3n) is 5.64. The molecule has 0 saturated heterocycles. The largest absolute Gasteiger partial charge is 0.449 e. The second-order valence-electron chi connectivity index (χ2n) is 9.24. The van der Waals surface area contributed by atoms with E-state index in [1.54, 1.807) is 53.7 Å². The number of aromatic nitrogens is 2. The lowest BCUT2D eigenvalue weighted by Crippen LogP contribution is -2.46. The maximum Gasteiger partial charge on any atom is 0.414 e. The lowest BCUT2D eigenvalue weighted by molar-refractivity contribution is 0.102. The van der Waals surface area contributed by atoms with Gasteiger partial charge in [0.15, 0.2) is 0 Å². The highest BCUT2D eigenvalue weighted by Crippen LogP contribution is 2.27. The number of carbonyl (C=O) groups excluding carboxylic acids is 2. The SMILES string of the molecule is CCN(CC)c1ncccc1C(=O)Nc1ccc(N(C(=O)OCCc2ccccn2)C(C)(C)C)cc1. The van der Waals surface area contributed by atoms with Gasteiger partial charge in [0.25, 0.3) is 5.91 Å². The van der Waals surface area contributed by atoms with Crippen LogP contribution in [0.5, 0.6) is 0 Å². The average Bonchev–Trinajstić information content (AvgIpc) is 2.86. The molecule has 8 nitrogen and oxygen atoms in total. The van der Waals surface area contributed by atoms with Crippen molar-refractivity contribution in [1.82, 2.24) is 9.97 Å². The van der Waals surface area contributed by atoms with E-state index in [0.717, 1.165) is 18.8 Å². The zero-order chi connectivity index (χ0) is 26.1. The van der Waals surface area contributed by atoms with E-state index in [4.69, 9.17) is 4.74 Å². The zero-order valence-electron chi connectivity index (χ0n) is 21.7. The van der Waals surface area contributed by atoms with Crippen molar-refractivity contribution in [3.8, 4) is 0 Å². The van der Waals surface area contributed by atoms with E-state index in [2.05, 4.69) is 15.3 Å². The maximum atomic E-state index is 13.0. The lowest BCUT2D eigenvalue weighted by atomic mass is 10.1. The standard InChI is InChI=1S/C28H35N5O3/c1-6-32(7-2)25-24(12-10-19-30-25)26(34)31-22-13-15-23(16-14-22)33(28(3,4)5)27(35)36-20-17-21-11-8-9-18-29-21/h8-16,18-19H,6-7,17,20H2,1-5H3,(H,31,34). The molecule has 0 unspecified atom stereocenters. The number of nitrogens with one attached hydrogen (secondary N) is 1. The highest BCUT2D eigenvalue weighted by Gasteiger charge is 2.29. The van der Waals surface area contributed by atoms with Gasteiger partial charge in [0.1, 0.15) is 5.82 Å². The number of pyridine rings is 2. The summed E-state index contributed by atoms with van der Waals surface area (Å²) >= 11 is 0. The van der Waals surface area contributed by atoms with Gasteiger partial charge in [0.05, 0.1) is 12.2 Å². The predicted octanol–water partition coefficient (Wildman–Crippen LogP) is 5.56. The van der Waals surface area contributed by atoms with Gasteiger partial charge in [-0.1, -0.05) is 6.07 Å². The van der Waals surface area contributed by atoms with E-state index in [1.807, 2.05) is 57.7 Å². The van der Waals surface area contributed by atoms with Crippen LogP contribution in [0.4, 0.5) is 22.0 Å². The number of rotatable bonds is 9. The summed E-state index contributed by atoms with van der Waals surface area (Å²) in [6, 6.07) is 16.3. The molecule has 2 aromatic heterocycles. The minimum absolute atomic E-state index is 0.233. The molecule has 190 valence electrons. The first-order valence-electron chi connectivity index (χ1n) is 12.2. The van der Waals surface area contributed by atoms with Crippen LogP contribution in [0.1, 0.15) is 50.7 Å². The van der Waals surface area contributed by atoms with Crippen LogP contribution in [0.15, 0.2) is 67.0 Å². The van der Waals surface area contributed by atoms with Crippen LogP contribution in [-0.2, 0) is 11.2 Å². The number of carbonyl (C=O) groups is 2. The van der Waals surface area contributed by atoms with Crippen molar-refractivity contribution >= 4 is 29.2 Å². The Kier molecular flexibility index (Phi) is 9.00. The quantitative estimate of drug-likeness (QED) is 0.423. The summed E-state index contributed by atoms with van der Waals surface area (Å²) in [6.07, 6.45) is 3.52. The number of amides is 2. The molecule has 3 aromatic rings. The first kappa shape index (κ1) is 26.7. The van der Waals surface area contributed by atoms with Crippen molar-refractivity contribution in [2.75, 3.05) is 34.8 Å². The van der Waals surface area contributed by atoms with Crippen molar-refractivity contribution in [2.45, 2.75) is 46.6 Å². The highest BCUT2D eigenvalue weighted by molar-refractivity contribution is 6.07. The van der Waals surface area contributed by atoms with Gasteiger partial charge in [0, 0.05) is 54.5 Å². The van der Waals surface area contributed by atoms with Crippen LogP contribution in [0, 0.1) is 0 Å². The zero-order valence-corrected chi connectivity index (χ0v) is 21.7. The van der Waals surface area contributed by atoms with E-state index in [1.165, 1.54) is 0 Å². The Morgan fingerprint density at radius 2 is 1.61 bits per heavy atom. The molecule has 36 heavy (non-hydrogen) atoms. The third kappa shape index (κ3) is 6.81. The summed E-state index contributed by atoms with van der Waals surface area (Å²) in [5, 5.41) is 2.94. The number of hydrogen-bond donors (Lipinski definition) is 1. The van der Waals surface area contributed by atoms with Gasteiger partial charge in [-0.3, -0.25) is 14.7 Å². The number of benzene rings is 1. The molecule has 0 radical (unpaired) electrons. The van der Waals surface area contributed by atoms with Gasteiger partial charge in [-0.25, -0.2) is 9.78 Å². The van der Waals surface area contributed by atoms with Crippen LogP contribution in [0.25, 0.3) is 0 Å². The molecule has 0 atom stereocenters. The Morgan fingerprint density at radius 1 is 0.917 bits per heavy atom. The normalized spacial score (nSPS) is 11.0. The number of hydrogen-bond acceptors (Lipinski definition) is 6. The molecule has 2 heterocycles. The molecular weight excluding hydrogens is 454 g/mol. The molecule has 0 bridgehead atoms. The Balaban J connectivity index is 1.71. The van der Waals surface area contributed by atoms with Crippen molar-refractivity contribution in [3.63, 3.8) is 0 Å². The van der Waals surface area contributed by atoms with Crippen LogP contribution in [0.3, 0.4) is 0 Å². The Hall–Kier alpha value is -3.94. The number of nitrogens with zero attached hydrogens (tertiary/aromatic N) is 4. The van der Waals surface area contributed by atoms with Crippen LogP contribution < -0.4 is 15.1 Å². The Bertz CT molecular complexity index is 1140. The van der Waals surface area contributed by atoms with Crippen LogP contribution >= 0.6 is 0 Å². The summed E-state index contributed by atoms with van der Waals surface area (Å²) in [7, 11) is 0. The van der Waals surface area contributed by atoms with Gasteiger partial charge >= 0.3 is 6.09 Å². The van der Waals surface area contributed by atoms with Gasteiger partial charge in [0.2, 0.25) is 0 Å². The average molecular weight is 490 g/mol. The van der Waals surface area contributed by atoms with Gasteiger partial charge in [-0.2, -0.15) is 0 Å². The molecule has 0 aliphatic rings. The summed E-state index contributed by atoms with van der Waals surface area (Å²) in [5.41, 5.74) is 2.16. The second-order valence-corrected chi connectivity index (χ2v) is 9.24. The summed E-state index contributed by atoms with van der Waals surface area (Å²) in [4.78, 5) is 38.3. The fourth-order valence-corrected chi connectivity index (χ4v) is 3.86. The molecule has 0 saturated carbocycles. The first-order valence-corrected chi connectivity index (χ1v) is 12.2. The van der Waals surface area contributed by atoms with Crippen LogP contribution in [-0.4, -0.2) is 47.2 Å². The molecule has 0 spiro atoms. The van der Waals surface area contributed by atoms with Crippen molar-refractivity contribution in [2.24, 2.45) is 0 Å². The Morgan fingerprint density at radius 3 is 2.22 bits per heavy atom. The van der Waals surface area contributed by atoms with Gasteiger partial charge < -0.3 is 15.0 Å². The van der Waals surface area contributed by atoms with E-state index in [9.17, 15) is 9.59 Å². The molecule has 0 aliphatic heterocycles. The lowest BCUT2D eigenvalue weighted by Gasteiger charge is -2.34. The molecule has 1 aromatic carbocycles. The number of anilines is 3. The fourth-order valence-electron chi connectivity index (χ4n) is 3.86.